The Morgan fingerprint density at radius 3 is 2.63 bits per heavy atom. The fourth-order valence-corrected chi connectivity index (χ4v) is 3.41. The zero-order valence-electron chi connectivity index (χ0n) is 15.3. The van der Waals surface area contributed by atoms with Crippen LogP contribution in [0, 0.1) is 5.92 Å². The molecular formula is C17H23F3N4O3. The fraction of sp³-hybridized carbons (Fsp3) is 0.706. The zero-order valence-corrected chi connectivity index (χ0v) is 15.3. The van der Waals surface area contributed by atoms with Gasteiger partial charge in [0.25, 0.3) is 5.91 Å². The van der Waals surface area contributed by atoms with Gasteiger partial charge in [-0.25, -0.2) is 4.79 Å². The van der Waals surface area contributed by atoms with Gasteiger partial charge in [-0.1, -0.05) is 0 Å². The van der Waals surface area contributed by atoms with Crippen molar-refractivity contribution in [2.24, 2.45) is 5.92 Å². The van der Waals surface area contributed by atoms with Crippen molar-refractivity contribution < 1.29 is 27.5 Å². The third-order valence-corrected chi connectivity index (χ3v) is 5.11. The average Bonchev–Trinajstić information content (AvgIpc) is 3.37. The van der Waals surface area contributed by atoms with Gasteiger partial charge < -0.3 is 15.0 Å². The Morgan fingerprint density at radius 2 is 2.04 bits per heavy atom. The lowest BCUT2D eigenvalue weighted by atomic mass is 9.91. The van der Waals surface area contributed by atoms with Crippen LogP contribution < -0.4 is 5.32 Å². The van der Waals surface area contributed by atoms with E-state index in [0.29, 0.717) is 25.9 Å². The standard InChI is InChI=1S/C17H23F3N4O3/c1-10(11-4-3-7-23(9-11)16(26)27-2)21-15(25)13-8-14(17(18,19)20)22-24(13)12-5-6-12/h8,10-12H,3-7,9H2,1-2H3,(H,21,25). The highest BCUT2D eigenvalue weighted by Crippen LogP contribution is 2.38. The van der Waals surface area contributed by atoms with Crippen LogP contribution in [0.3, 0.4) is 0 Å². The normalized spacial score (nSPS) is 21.7. The van der Waals surface area contributed by atoms with Gasteiger partial charge in [-0.3, -0.25) is 9.48 Å². The molecule has 2 atom stereocenters. The number of carbonyl (C=O) groups is 2. The van der Waals surface area contributed by atoms with Crippen LogP contribution in [-0.4, -0.2) is 52.9 Å². The van der Waals surface area contributed by atoms with Crippen LogP contribution in [0.4, 0.5) is 18.0 Å². The summed E-state index contributed by atoms with van der Waals surface area (Å²) in [5.74, 6) is -0.575. The third-order valence-electron chi connectivity index (χ3n) is 5.11. The predicted octanol–water partition coefficient (Wildman–Crippen LogP) is 2.83. The Bertz CT molecular complexity index is 715. The van der Waals surface area contributed by atoms with Crippen molar-refractivity contribution in [2.45, 2.75) is 50.9 Å². The second-order valence-electron chi connectivity index (χ2n) is 7.17. The van der Waals surface area contributed by atoms with Crippen molar-refractivity contribution in [3.8, 4) is 0 Å². The van der Waals surface area contributed by atoms with Crippen molar-refractivity contribution in [1.82, 2.24) is 20.0 Å². The van der Waals surface area contributed by atoms with E-state index >= 15 is 0 Å². The first kappa shape index (κ1) is 19.5. The molecule has 1 aliphatic carbocycles. The van der Waals surface area contributed by atoms with Crippen molar-refractivity contribution in [1.29, 1.82) is 0 Å². The van der Waals surface area contributed by atoms with Crippen LogP contribution in [0.15, 0.2) is 6.07 Å². The Labute approximate surface area is 154 Å². The van der Waals surface area contributed by atoms with Gasteiger partial charge >= 0.3 is 12.3 Å². The molecule has 1 N–H and O–H groups in total. The zero-order chi connectivity index (χ0) is 19.8. The predicted molar refractivity (Wildman–Crippen MR) is 89.1 cm³/mol. The highest BCUT2D eigenvalue weighted by atomic mass is 19.4. The monoisotopic (exact) mass is 388 g/mol. The van der Waals surface area contributed by atoms with E-state index in [-0.39, 0.29) is 23.7 Å². The molecule has 2 aliphatic rings. The largest absolute Gasteiger partial charge is 0.453 e. The van der Waals surface area contributed by atoms with E-state index in [1.807, 2.05) is 0 Å². The molecule has 1 aliphatic heterocycles. The summed E-state index contributed by atoms with van der Waals surface area (Å²) in [7, 11) is 1.31. The number of halogens is 3. The van der Waals surface area contributed by atoms with Crippen molar-refractivity contribution in [2.75, 3.05) is 20.2 Å². The number of piperidine rings is 1. The van der Waals surface area contributed by atoms with E-state index in [9.17, 15) is 22.8 Å². The molecule has 10 heteroatoms. The van der Waals surface area contributed by atoms with Gasteiger partial charge in [0.15, 0.2) is 5.69 Å². The lowest BCUT2D eigenvalue weighted by Gasteiger charge is -2.35. The Hall–Kier alpha value is -2.26. The van der Waals surface area contributed by atoms with Crippen LogP contribution in [0.2, 0.25) is 0 Å². The summed E-state index contributed by atoms with van der Waals surface area (Å²) >= 11 is 0. The minimum atomic E-state index is -4.59. The highest BCUT2D eigenvalue weighted by molar-refractivity contribution is 5.93. The minimum absolute atomic E-state index is 0.00110. The number of methoxy groups -OCH3 is 1. The number of ether oxygens (including phenoxy) is 1. The van der Waals surface area contributed by atoms with Gasteiger partial charge in [0.2, 0.25) is 0 Å². The fourth-order valence-electron chi connectivity index (χ4n) is 3.41. The molecule has 2 fully saturated rings. The number of nitrogens with one attached hydrogen (secondary N) is 1. The van der Waals surface area contributed by atoms with Crippen LogP contribution in [0.5, 0.6) is 0 Å². The number of likely N-dealkylation sites (tertiary alicyclic amines) is 1. The SMILES string of the molecule is COC(=O)N1CCCC(C(C)NC(=O)c2cc(C(F)(F)F)nn2C2CC2)C1. The van der Waals surface area contributed by atoms with Crippen LogP contribution in [-0.2, 0) is 10.9 Å². The molecule has 1 aromatic rings. The molecule has 1 aromatic heterocycles. The highest BCUT2D eigenvalue weighted by Gasteiger charge is 2.39. The first-order valence-electron chi connectivity index (χ1n) is 9.01. The lowest BCUT2D eigenvalue weighted by Crippen LogP contribution is -2.48. The molecule has 0 bridgehead atoms. The van der Waals surface area contributed by atoms with Gasteiger partial charge in [-0.05, 0) is 38.5 Å². The Kier molecular flexibility index (Phi) is 5.34. The van der Waals surface area contributed by atoms with Crippen molar-refractivity contribution in [3.05, 3.63) is 17.5 Å². The van der Waals surface area contributed by atoms with Crippen LogP contribution in [0.1, 0.15) is 54.8 Å². The molecule has 2 amide bonds. The van der Waals surface area contributed by atoms with E-state index in [4.69, 9.17) is 4.74 Å². The molecule has 27 heavy (non-hydrogen) atoms. The maximum atomic E-state index is 13.0. The molecule has 0 radical (unpaired) electrons. The number of rotatable bonds is 4. The molecule has 1 saturated heterocycles. The number of hydrogen-bond acceptors (Lipinski definition) is 4. The molecule has 2 heterocycles. The molecule has 0 aromatic carbocycles. The molecule has 0 spiro atoms. The quantitative estimate of drug-likeness (QED) is 0.861. The molecule has 2 unspecified atom stereocenters. The Morgan fingerprint density at radius 1 is 1.33 bits per heavy atom. The first-order chi connectivity index (χ1) is 12.7. The second kappa shape index (κ2) is 7.40. The van der Waals surface area contributed by atoms with E-state index in [2.05, 4.69) is 10.4 Å². The van der Waals surface area contributed by atoms with Gasteiger partial charge in [0, 0.05) is 25.2 Å². The number of alkyl halides is 3. The van der Waals surface area contributed by atoms with E-state index in [1.165, 1.54) is 11.8 Å². The molecule has 150 valence electrons. The maximum absolute atomic E-state index is 13.0. The van der Waals surface area contributed by atoms with E-state index in [0.717, 1.165) is 18.9 Å². The number of aromatic nitrogens is 2. The number of nitrogens with zero attached hydrogens (tertiary/aromatic N) is 3. The average molecular weight is 388 g/mol. The van der Waals surface area contributed by atoms with Crippen molar-refractivity contribution >= 4 is 12.0 Å². The van der Waals surface area contributed by atoms with E-state index < -0.39 is 23.9 Å². The topological polar surface area (TPSA) is 76.5 Å². The molecule has 7 nitrogen and oxygen atoms in total. The maximum Gasteiger partial charge on any atom is 0.435 e. The summed E-state index contributed by atoms with van der Waals surface area (Å²) in [6.07, 6.45) is -2.00. The van der Waals surface area contributed by atoms with Gasteiger partial charge in [-0.2, -0.15) is 18.3 Å². The number of amides is 2. The van der Waals surface area contributed by atoms with Gasteiger partial charge in [0.1, 0.15) is 5.69 Å². The Balaban J connectivity index is 1.69. The van der Waals surface area contributed by atoms with Gasteiger partial charge in [0.05, 0.1) is 13.2 Å². The molecule has 3 rings (SSSR count). The van der Waals surface area contributed by atoms with Crippen LogP contribution >= 0.6 is 0 Å². The van der Waals surface area contributed by atoms with Crippen LogP contribution in [0.25, 0.3) is 0 Å². The van der Waals surface area contributed by atoms with E-state index in [1.54, 1.807) is 11.8 Å². The summed E-state index contributed by atoms with van der Waals surface area (Å²) in [5.41, 5.74) is -1.13. The molecule has 1 saturated carbocycles. The number of carbonyl (C=O) groups excluding carboxylic acids is 2. The lowest BCUT2D eigenvalue weighted by molar-refractivity contribution is -0.141. The van der Waals surface area contributed by atoms with Gasteiger partial charge in [-0.15, -0.1) is 0 Å². The summed E-state index contributed by atoms with van der Waals surface area (Å²) < 4.78 is 44.9. The second-order valence-corrected chi connectivity index (χ2v) is 7.17. The minimum Gasteiger partial charge on any atom is -0.453 e. The number of hydrogen-bond donors (Lipinski definition) is 1. The summed E-state index contributed by atoms with van der Waals surface area (Å²) in [4.78, 5) is 25.9. The smallest absolute Gasteiger partial charge is 0.435 e. The molecular weight excluding hydrogens is 365 g/mol. The third kappa shape index (κ3) is 4.36. The summed E-state index contributed by atoms with van der Waals surface area (Å²) in [6.45, 7) is 2.82. The first-order valence-corrected chi connectivity index (χ1v) is 9.01. The van der Waals surface area contributed by atoms with Crippen molar-refractivity contribution in [3.63, 3.8) is 0 Å². The summed E-state index contributed by atoms with van der Waals surface area (Å²) in [6, 6.07) is 0.352. The summed E-state index contributed by atoms with van der Waals surface area (Å²) in [5, 5.41) is 6.38.